The number of nitrogens with zero attached hydrogens (tertiary/aromatic N) is 1. The van der Waals surface area contributed by atoms with E-state index in [1.807, 2.05) is 108 Å². The van der Waals surface area contributed by atoms with E-state index >= 15 is 0 Å². The van der Waals surface area contributed by atoms with Crippen molar-refractivity contribution in [3.05, 3.63) is 162 Å². The van der Waals surface area contributed by atoms with Crippen molar-refractivity contribution >= 4 is 19.9 Å². The molecular formula is C46H52FNO4Si. The van der Waals surface area contributed by atoms with E-state index in [1.54, 1.807) is 0 Å². The quantitative estimate of drug-likeness (QED) is 0.101. The second-order valence-corrected chi connectivity index (χ2v) is 20.4. The predicted octanol–water partition coefficient (Wildman–Crippen LogP) is 12.0. The van der Waals surface area contributed by atoms with Crippen LogP contribution in [0, 0.1) is 11.7 Å². The third kappa shape index (κ3) is 9.64. The first-order chi connectivity index (χ1) is 25.5. The zero-order valence-electron chi connectivity index (χ0n) is 31.6. The van der Waals surface area contributed by atoms with E-state index in [-0.39, 0.29) is 34.8 Å². The van der Waals surface area contributed by atoms with Crippen LogP contribution in [0.4, 0.5) is 10.1 Å². The monoisotopic (exact) mass is 729 g/mol. The average molecular weight is 730 g/mol. The molecule has 5 aromatic carbocycles. The van der Waals surface area contributed by atoms with E-state index in [0.717, 1.165) is 47.2 Å². The fourth-order valence-electron chi connectivity index (χ4n) is 6.87. The Balaban J connectivity index is 1.31. The molecule has 0 unspecified atom stereocenters. The van der Waals surface area contributed by atoms with E-state index in [0.29, 0.717) is 31.1 Å². The second kappa shape index (κ2) is 17.0. The minimum atomic E-state index is -2.14. The van der Waals surface area contributed by atoms with Crippen molar-refractivity contribution in [3.8, 4) is 11.5 Å². The van der Waals surface area contributed by atoms with Crippen LogP contribution in [0.15, 0.2) is 133 Å². The molecule has 1 aliphatic rings. The number of anilines is 1. The number of ether oxygens (including phenoxy) is 2. The summed E-state index contributed by atoms with van der Waals surface area (Å²) in [6.07, 6.45) is 2.68. The molecule has 0 aliphatic carbocycles. The molecule has 1 saturated heterocycles. The molecule has 5 nitrogen and oxygen atoms in total. The number of para-hydroxylation sites is 1. The van der Waals surface area contributed by atoms with E-state index in [1.165, 1.54) is 12.1 Å². The lowest BCUT2D eigenvalue weighted by Crippen LogP contribution is -2.41. The van der Waals surface area contributed by atoms with Gasteiger partial charge in [0.1, 0.15) is 30.5 Å². The van der Waals surface area contributed by atoms with E-state index in [9.17, 15) is 9.18 Å². The number of halogens is 1. The maximum absolute atomic E-state index is 14.0. The maximum atomic E-state index is 14.0. The van der Waals surface area contributed by atoms with E-state index in [4.69, 9.17) is 13.9 Å². The molecular weight excluding hydrogens is 678 g/mol. The summed E-state index contributed by atoms with van der Waals surface area (Å²) in [4.78, 5) is 16.0. The molecule has 1 fully saturated rings. The Morgan fingerprint density at radius 2 is 1.36 bits per heavy atom. The maximum Gasteiger partial charge on any atom is 0.227 e. The Morgan fingerprint density at radius 1 is 0.774 bits per heavy atom. The van der Waals surface area contributed by atoms with Gasteiger partial charge in [-0.3, -0.25) is 4.79 Å². The van der Waals surface area contributed by atoms with Gasteiger partial charge in [-0.25, -0.2) is 4.39 Å². The molecule has 7 heteroatoms. The highest BCUT2D eigenvalue weighted by Crippen LogP contribution is 2.48. The Hall–Kier alpha value is -4.72. The Bertz CT molecular complexity index is 1910. The lowest BCUT2D eigenvalue weighted by atomic mass is 9.87. The van der Waals surface area contributed by atoms with Crippen LogP contribution in [0.1, 0.15) is 80.9 Å². The Kier molecular flexibility index (Phi) is 12.2. The first-order valence-corrected chi connectivity index (χ1v) is 21.7. The molecule has 53 heavy (non-hydrogen) atoms. The molecule has 1 aliphatic heterocycles. The van der Waals surface area contributed by atoms with Crippen molar-refractivity contribution in [1.29, 1.82) is 0 Å². The average Bonchev–Trinajstić information content (AvgIpc) is 3.48. The van der Waals surface area contributed by atoms with Crippen molar-refractivity contribution < 1.29 is 23.1 Å². The summed E-state index contributed by atoms with van der Waals surface area (Å²) in [7, 11) is -2.14. The minimum absolute atomic E-state index is 0.0254. The lowest BCUT2D eigenvalue weighted by Gasteiger charge is -2.39. The standard InChI is InChI=1S/C46H52FNO4Si/c1-46(2,3)53(4,5)52-42(36-24-26-38(47)27-25-36)23-15-20-37-30-44(49)48(39-21-13-8-14-22-39)45(37)41-29-28-40(50-32-34-16-9-6-10-17-34)31-43(41)51-33-35-18-11-7-12-19-35/h6-14,16-19,21-22,24-29,31,37,42,45H,15,20,23,30,32-33H2,1-5H3/t37-,42+,45-/m0/s1. The fourth-order valence-corrected chi connectivity index (χ4v) is 8.18. The van der Waals surface area contributed by atoms with Crippen LogP contribution in [-0.4, -0.2) is 14.2 Å². The van der Waals surface area contributed by atoms with Gasteiger partial charge in [0.05, 0.1) is 12.1 Å². The molecule has 276 valence electrons. The van der Waals surface area contributed by atoms with Gasteiger partial charge in [-0.1, -0.05) is 118 Å². The number of hydrogen-bond donors (Lipinski definition) is 0. The van der Waals surface area contributed by atoms with Gasteiger partial charge in [0.15, 0.2) is 8.32 Å². The summed E-state index contributed by atoms with van der Waals surface area (Å²) in [6.45, 7) is 12.1. The summed E-state index contributed by atoms with van der Waals surface area (Å²) >= 11 is 0. The predicted molar refractivity (Wildman–Crippen MR) is 214 cm³/mol. The number of amides is 1. The number of benzene rings is 5. The smallest absolute Gasteiger partial charge is 0.227 e. The van der Waals surface area contributed by atoms with Crippen molar-refractivity contribution in [1.82, 2.24) is 0 Å². The molecule has 1 amide bonds. The van der Waals surface area contributed by atoms with Crippen LogP contribution in [0.2, 0.25) is 18.1 Å². The number of rotatable bonds is 15. The molecule has 1 heterocycles. The molecule has 0 saturated carbocycles. The summed E-state index contributed by atoms with van der Waals surface area (Å²) in [5, 5.41) is 0.0254. The lowest BCUT2D eigenvalue weighted by molar-refractivity contribution is -0.117. The topological polar surface area (TPSA) is 48.0 Å². The fraction of sp³-hybridized carbons (Fsp3) is 0.326. The number of carbonyl (C=O) groups is 1. The van der Waals surface area contributed by atoms with Gasteiger partial charge in [-0.15, -0.1) is 0 Å². The highest BCUT2D eigenvalue weighted by atomic mass is 28.4. The molecule has 0 aromatic heterocycles. The van der Waals surface area contributed by atoms with Crippen LogP contribution in [0.25, 0.3) is 0 Å². The van der Waals surface area contributed by atoms with Crippen LogP contribution >= 0.6 is 0 Å². The Morgan fingerprint density at radius 3 is 1.96 bits per heavy atom. The summed E-state index contributed by atoms with van der Waals surface area (Å²) in [5.41, 5.74) is 4.95. The van der Waals surface area contributed by atoms with Crippen LogP contribution in [0.3, 0.4) is 0 Å². The van der Waals surface area contributed by atoms with Gasteiger partial charge in [0, 0.05) is 23.7 Å². The first kappa shape index (κ1) is 38.0. The van der Waals surface area contributed by atoms with Gasteiger partial charge in [0.25, 0.3) is 0 Å². The van der Waals surface area contributed by atoms with Crippen molar-refractivity contribution in [2.45, 2.75) is 89.9 Å². The highest BCUT2D eigenvalue weighted by Gasteiger charge is 2.43. The zero-order chi connectivity index (χ0) is 37.4. The van der Waals surface area contributed by atoms with Gasteiger partial charge in [0.2, 0.25) is 5.91 Å². The highest BCUT2D eigenvalue weighted by molar-refractivity contribution is 6.74. The molecule has 0 N–H and O–H groups in total. The summed E-state index contributed by atoms with van der Waals surface area (Å²) in [5.74, 6) is 1.28. The number of carbonyl (C=O) groups excluding carboxylic acids is 1. The number of hydrogen-bond acceptors (Lipinski definition) is 4. The van der Waals surface area contributed by atoms with Crippen LogP contribution in [-0.2, 0) is 22.4 Å². The third-order valence-corrected chi connectivity index (χ3v) is 15.3. The van der Waals surface area contributed by atoms with Gasteiger partial charge < -0.3 is 18.8 Å². The van der Waals surface area contributed by atoms with Crippen molar-refractivity contribution in [2.75, 3.05) is 4.90 Å². The zero-order valence-corrected chi connectivity index (χ0v) is 32.6. The molecule has 3 atom stereocenters. The van der Waals surface area contributed by atoms with Crippen molar-refractivity contribution in [3.63, 3.8) is 0 Å². The first-order valence-electron chi connectivity index (χ1n) is 18.8. The Labute approximate surface area is 315 Å². The normalized spacial score (nSPS) is 16.8. The van der Waals surface area contributed by atoms with E-state index < -0.39 is 8.32 Å². The molecule has 6 rings (SSSR count). The molecule has 0 radical (unpaired) electrons. The summed E-state index contributed by atoms with van der Waals surface area (Å²) in [6, 6.07) is 42.7. The molecule has 5 aromatic rings. The third-order valence-electron chi connectivity index (χ3n) is 10.8. The van der Waals surface area contributed by atoms with Crippen LogP contribution < -0.4 is 14.4 Å². The van der Waals surface area contributed by atoms with Gasteiger partial charge in [-0.2, -0.15) is 0 Å². The van der Waals surface area contributed by atoms with E-state index in [2.05, 4.69) is 52.1 Å². The van der Waals surface area contributed by atoms with Gasteiger partial charge in [-0.05, 0) is 90.0 Å². The SMILES string of the molecule is CC(C)(C)[Si](C)(C)O[C@H](CCC[C@H]1CC(=O)N(c2ccccc2)[C@@H]1c1ccc(OCc2ccccc2)cc1OCc1ccccc1)c1ccc(F)cc1. The largest absolute Gasteiger partial charge is 0.489 e. The van der Waals surface area contributed by atoms with Crippen molar-refractivity contribution in [2.24, 2.45) is 5.92 Å². The molecule has 0 bridgehead atoms. The summed E-state index contributed by atoms with van der Waals surface area (Å²) < 4.78 is 33.9. The van der Waals surface area contributed by atoms with Gasteiger partial charge >= 0.3 is 0 Å². The second-order valence-electron chi connectivity index (χ2n) is 15.6. The minimum Gasteiger partial charge on any atom is -0.489 e. The molecule has 0 spiro atoms. The van der Waals surface area contributed by atoms with Crippen LogP contribution in [0.5, 0.6) is 11.5 Å².